The Balaban J connectivity index is 1.65. The molecule has 1 aromatic heterocycles. The predicted molar refractivity (Wildman–Crippen MR) is 100 cm³/mol. The number of imidazole rings is 1. The van der Waals surface area contributed by atoms with E-state index < -0.39 is 0 Å². The molecular weight excluding hydrogens is 330 g/mol. The Labute approximate surface area is 153 Å². The first-order chi connectivity index (χ1) is 12.7. The van der Waals surface area contributed by atoms with E-state index in [1.165, 1.54) is 0 Å². The van der Waals surface area contributed by atoms with Crippen LogP contribution in [0.5, 0.6) is 11.5 Å². The van der Waals surface area contributed by atoms with E-state index >= 15 is 0 Å². The summed E-state index contributed by atoms with van der Waals surface area (Å²) >= 11 is 0. The van der Waals surface area contributed by atoms with Gasteiger partial charge in [0, 0.05) is 19.7 Å². The molecule has 136 valence electrons. The van der Waals surface area contributed by atoms with Crippen molar-refractivity contribution in [3.8, 4) is 11.5 Å². The first kappa shape index (κ1) is 17.8. The highest BCUT2D eigenvalue weighted by molar-refractivity contribution is 5.33. The molecule has 0 atom stereocenters. The number of benzene rings is 2. The van der Waals surface area contributed by atoms with Crippen molar-refractivity contribution in [2.24, 2.45) is 0 Å². The Kier molecular flexibility index (Phi) is 5.76. The first-order valence-corrected chi connectivity index (χ1v) is 8.33. The summed E-state index contributed by atoms with van der Waals surface area (Å²) in [5.41, 5.74) is 9.29. The maximum absolute atomic E-state index is 6.07. The second-order valence-electron chi connectivity index (χ2n) is 5.94. The molecular formula is C20H23N3O3. The van der Waals surface area contributed by atoms with Crippen LogP contribution in [-0.4, -0.2) is 30.6 Å². The van der Waals surface area contributed by atoms with E-state index in [9.17, 15) is 0 Å². The highest BCUT2D eigenvalue weighted by Gasteiger charge is 2.07. The van der Waals surface area contributed by atoms with E-state index in [0.717, 1.165) is 34.7 Å². The van der Waals surface area contributed by atoms with Gasteiger partial charge in [-0.15, -0.1) is 0 Å². The topological polar surface area (TPSA) is 71.5 Å². The third kappa shape index (κ3) is 4.55. The SMILES string of the molecule is COCOc1ccc(Cn2cc(Cc3ccc(OC)cc3)nc2N)cc1. The van der Waals surface area contributed by atoms with E-state index in [1.807, 2.05) is 59.3 Å². The lowest BCUT2D eigenvalue weighted by Gasteiger charge is -2.07. The summed E-state index contributed by atoms with van der Waals surface area (Å²) in [5, 5.41) is 0. The molecule has 0 aliphatic rings. The van der Waals surface area contributed by atoms with E-state index in [1.54, 1.807) is 14.2 Å². The number of hydrogen-bond donors (Lipinski definition) is 1. The molecule has 0 aliphatic carbocycles. The zero-order valence-corrected chi connectivity index (χ0v) is 15.0. The lowest BCUT2D eigenvalue weighted by Crippen LogP contribution is -2.03. The molecule has 2 N–H and O–H groups in total. The molecule has 0 unspecified atom stereocenters. The largest absolute Gasteiger partial charge is 0.497 e. The predicted octanol–water partition coefficient (Wildman–Crippen LogP) is 3.10. The van der Waals surface area contributed by atoms with Gasteiger partial charge in [-0.3, -0.25) is 0 Å². The zero-order valence-electron chi connectivity index (χ0n) is 15.0. The Morgan fingerprint density at radius 3 is 2.23 bits per heavy atom. The van der Waals surface area contributed by atoms with Crippen LogP contribution in [0.15, 0.2) is 54.7 Å². The van der Waals surface area contributed by atoms with Crippen LogP contribution in [0.1, 0.15) is 16.8 Å². The third-order valence-corrected chi connectivity index (χ3v) is 4.02. The second-order valence-corrected chi connectivity index (χ2v) is 5.94. The van der Waals surface area contributed by atoms with Gasteiger partial charge in [0.15, 0.2) is 6.79 Å². The van der Waals surface area contributed by atoms with Crippen LogP contribution in [0.25, 0.3) is 0 Å². The van der Waals surface area contributed by atoms with Crippen molar-refractivity contribution in [3.63, 3.8) is 0 Å². The summed E-state index contributed by atoms with van der Waals surface area (Å²) in [6, 6.07) is 15.8. The van der Waals surface area contributed by atoms with Crippen molar-refractivity contribution in [1.82, 2.24) is 9.55 Å². The Morgan fingerprint density at radius 2 is 1.58 bits per heavy atom. The number of nitrogens with zero attached hydrogens (tertiary/aromatic N) is 2. The number of methoxy groups -OCH3 is 2. The van der Waals surface area contributed by atoms with E-state index in [0.29, 0.717) is 12.5 Å². The molecule has 6 heteroatoms. The van der Waals surface area contributed by atoms with Gasteiger partial charge in [-0.25, -0.2) is 4.98 Å². The molecule has 0 spiro atoms. The summed E-state index contributed by atoms with van der Waals surface area (Å²) in [4.78, 5) is 4.47. The Bertz CT molecular complexity index is 827. The van der Waals surface area contributed by atoms with Crippen molar-refractivity contribution in [3.05, 3.63) is 71.5 Å². The van der Waals surface area contributed by atoms with Crippen molar-refractivity contribution < 1.29 is 14.2 Å². The fraction of sp³-hybridized carbons (Fsp3) is 0.250. The van der Waals surface area contributed by atoms with Gasteiger partial charge < -0.3 is 24.5 Å². The number of nitrogen functional groups attached to an aromatic ring is 1. The highest BCUT2D eigenvalue weighted by atomic mass is 16.7. The molecule has 26 heavy (non-hydrogen) atoms. The number of aromatic nitrogens is 2. The zero-order chi connectivity index (χ0) is 18.4. The standard InChI is InChI=1S/C20H23N3O3/c1-24-14-26-19-9-5-16(6-10-19)12-23-13-17(22-20(23)21)11-15-3-7-18(25-2)8-4-15/h3-10,13H,11-12,14H2,1-2H3,(H2,21,22). The normalized spacial score (nSPS) is 10.7. The minimum Gasteiger partial charge on any atom is -0.497 e. The van der Waals surface area contributed by atoms with Crippen molar-refractivity contribution >= 4 is 5.95 Å². The molecule has 2 aromatic carbocycles. The molecule has 0 bridgehead atoms. The summed E-state index contributed by atoms with van der Waals surface area (Å²) in [6.45, 7) is 0.897. The van der Waals surface area contributed by atoms with Gasteiger partial charge in [-0.05, 0) is 35.4 Å². The molecule has 1 heterocycles. The fourth-order valence-electron chi connectivity index (χ4n) is 2.67. The summed E-state index contributed by atoms with van der Waals surface area (Å²) in [5.74, 6) is 2.12. The Hall–Kier alpha value is -2.99. The van der Waals surface area contributed by atoms with Gasteiger partial charge in [0.25, 0.3) is 0 Å². The molecule has 0 fully saturated rings. The van der Waals surface area contributed by atoms with Crippen LogP contribution in [0.4, 0.5) is 5.95 Å². The third-order valence-electron chi connectivity index (χ3n) is 4.02. The van der Waals surface area contributed by atoms with Crippen LogP contribution < -0.4 is 15.2 Å². The maximum Gasteiger partial charge on any atom is 0.200 e. The molecule has 0 radical (unpaired) electrons. The van der Waals surface area contributed by atoms with Crippen LogP contribution in [0, 0.1) is 0 Å². The number of anilines is 1. The lowest BCUT2D eigenvalue weighted by molar-refractivity contribution is 0.0511. The Morgan fingerprint density at radius 1 is 0.923 bits per heavy atom. The first-order valence-electron chi connectivity index (χ1n) is 8.33. The summed E-state index contributed by atoms with van der Waals surface area (Å²) in [6.07, 6.45) is 2.72. The summed E-state index contributed by atoms with van der Waals surface area (Å²) in [7, 11) is 3.26. The summed E-state index contributed by atoms with van der Waals surface area (Å²) < 4.78 is 17.4. The number of rotatable bonds is 8. The van der Waals surface area contributed by atoms with Crippen LogP contribution in [-0.2, 0) is 17.7 Å². The number of nitrogens with two attached hydrogens (primary N) is 1. The molecule has 0 amide bonds. The van der Waals surface area contributed by atoms with E-state index in [-0.39, 0.29) is 6.79 Å². The fourth-order valence-corrected chi connectivity index (χ4v) is 2.67. The van der Waals surface area contributed by atoms with Gasteiger partial charge in [-0.1, -0.05) is 24.3 Å². The molecule has 0 saturated carbocycles. The van der Waals surface area contributed by atoms with Crippen molar-refractivity contribution in [1.29, 1.82) is 0 Å². The minimum atomic E-state index is 0.239. The minimum absolute atomic E-state index is 0.239. The molecule has 3 rings (SSSR count). The van der Waals surface area contributed by atoms with Gasteiger partial charge >= 0.3 is 0 Å². The maximum atomic E-state index is 6.07. The smallest absolute Gasteiger partial charge is 0.200 e. The van der Waals surface area contributed by atoms with Gasteiger partial charge in [0.1, 0.15) is 11.5 Å². The van der Waals surface area contributed by atoms with Gasteiger partial charge in [0.2, 0.25) is 5.95 Å². The average molecular weight is 353 g/mol. The highest BCUT2D eigenvalue weighted by Crippen LogP contribution is 2.18. The van der Waals surface area contributed by atoms with Crippen LogP contribution in [0.3, 0.4) is 0 Å². The van der Waals surface area contributed by atoms with Crippen LogP contribution >= 0.6 is 0 Å². The monoisotopic (exact) mass is 353 g/mol. The molecule has 0 aliphatic heterocycles. The van der Waals surface area contributed by atoms with Crippen LogP contribution in [0.2, 0.25) is 0 Å². The number of hydrogen-bond acceptors (Lipinski definition) is 5. The lowest BCUT2D eigenvalue weighted by atomic mass is 10.1. The molecule has 6 nitrogen and oxygen atoms in total. The number of ether oxygens (including phenoxy) is 3. The second kappa shape index (κ2) is 8.40. The molecule has 0 saturated heterocycles. The van der Waals surface area contributed by atoms with E-state index in [2.05, 4.69) is 4.98 Å². The van der Waals surface area contributed by atoms with Crippen molar-refractivity contribution in [2.45, 2.75) is 13.0 Å². The van der Waals surface area contributed by atoms with Gasteiger partial charge in [-0.2, -0.15) is 0 Å². The van der Waals surface area contributed by atoms with Gasteiger partial charge in [0.05, 0.1) is 19.3 Å². The van der Waals surface area contributed by atoms with Crippen molar-refractivity contribution in [2.75, 3.05) is 26.7 Å². The van der Waals surface area contributed by atoms with E-state index in [4.69, 9.17) is 19.9 Å². The molecule has 3 aromatic rings. The average Bonchev–Trinajstić information content (AvgIpc) is 3.00. The quantitative estimate of drug-likeness (QED) is 0.630.